The monoisotopic (exact) mass is 393 g/mol. The lowest BCUT2D eigenvalue weighted by Gasteiger charge is -2.10. The number of hydrogen-bond acceptors (Lipinski definition) is 3. The average Bonchev–Trinajstić information content (AvgIpc) is 3.05. The molecule has 2 aromatic carbocycles. The standard InChI is InChI=1S/C23H23NO3S/c1-14-7-9-17(10-8-14)22-21(23(26)27)19(13-28-22)24-20(25)12-11-18-15(2)5-4-6-16(18)3/h4-10,13H,11-12H2,1-3H3,(H,24,25)(H,26,27). The fourth-order valence-electron chi connectivity index (χ4n) is 3.27. The minimum atomic E-state index is -1.04. The lowest BCUT2D eigenvalue weighted by Crippen LogP contribution is -2.15. The molecule has 0 radical (unpaired) electrons. The number of carbonyl (C=O) groups is 2. The SMILES string of the molecule is Cc1ccc(-c2scc(NC(=O)CCc3c(C)cccc3C)c2C(=O)O)cc1. The topological polar surface area (TPSA) is 66.4 Å². The van der Waals surface area contributed by atoms with Gasteiger partial charge in [0.25, 0.3) is 0 Å². The summed E-state index contributed by atoms with van der Waals surface area (Å²) < 4.78 is 0. The maximum Gasteiger partial charge on any atom is 0.339 e. The first kappa shape index (κ1) is 19.8. The second-order valence-corrected chi connectivity index (χ2v) is 7.82. The van der Waals surface area contributed by atoms with Crippen molar-refractivity contribution in [1.82, 2.24) is 0 Å². The highest BCUT2D eigenvalue weighted by Gasteiger charge is 2.21. The van der Waals surface area contributed by atoms with Crippen molar-refractivity contribution in [1.29, 1.82) is 0 Å². The molecule has 0 saturated heterocycles. The third-order valence-electron chi connectivity index (χ3n) is 4.84. The van der Waals surface area contributed by atoms with Gasteiger partial charge in [0.1, 0.15) is 5.56 Å². The van der Waals surface area contributed by atoms with Gasteiger partial charge in [-0.15, -0.1) is 11.3 Å². The Labute approximate surface area is 168 Å². The maximum atomic E-state index is 12.5. The molecule has 4 nitrogen and oxygen atoms in total. The second-order valence-electron chi connectivity index (χ2n) is 6.94. The van der Waals surface area contributed by atoms with Crippen LogP contribution in [0.5, 0.6) is 0 Å². The smallest absolute Gasteiger partial charge is 0.339 e. The quantitative estimate of drug-likeness (QED) is 0.572. The number of carbonyl (C=O) groups excluding carboxylic acids is 1. The van der Waals surface area contributed by atoms with Gasteiger partial charge in [0.15, 0.2) is 0 Å². The number of nitrogens with one attached hydrogen (secondary N) is 1. The molecule has 0 saturated carbocycles. The van der Waals surface area contributed by atoms with Gasteiger partial charge in [-0.25, -0.2) is 4.79 Å². The number of thiophene rings is 1. The molecule has 0 unspecified atom stereocenters. The van der Waals surface area contributed by atoms with E-state index >= 15 is 0 Å². The lowest BCUT2D eigenvalue weighted by molar-refractivity contribution is -0.116. The van der Waals surface area contributed by atoms with E-state index in [4.69, 9.17) is 0 Å². The van der Waals surface area contributed by atoms with Crippen LogP contribution in [-0.2, 0) is 11.2 Å². The molecule has 1 aromatic heterocycles. The first-order valence-corrected chi connectivity index (χ1v) is 10.0. The van der Waals surface area contributed by atoms with E-state index < -0.39 is 5.97 Å². The van der Waals surface area contributed by atoms with Gasteiger partial charge in [0.2, 0.25) is 5.91 Å². The molecule has 0 aliphatic carbocycles. The Morgan fingerprint density at radius 1 is 1.00 bits per heavy atom. The summed E-state index contributed by atoms with van der Waals surface area (Å²) in [5.74, 6) is -1.22. The van der Waals surface area contributed by atoms with E-state index in [1.165, 1.54) is 16.9 Å². The van der Waals surface area contributed by atoms with Crippen molar-refractivity contribution in [2.75, 3.05) is 5.32 Å². The van der Waals surface area contributed by atoms with Gasteiger partial charge < -0.3 is 10.4 Å². The molecule has 144 valence electrons. The molecule has 3 aromatic rings. The predicted octanol–water partition coefficient (Wildman–Crippen LogP) is 5.61. The van der Waals surface area contributed by atoms with Crippen LogP contribution < -0.4 is 5.32 Å². The normalized spacial score (nSPS) is 10.7. The van der Waals surface area contributed by atoms with Crippen molar-refractivity contribution in [2.45, 2.75) is 33.6 Å². The molecule has 0 aliphatic rings. The van der Waals surface area contributed by atoms with Crippen molar-refractivity contribution >= 4 is 28.9 Å². The van der Waals surface area contributed by atoms with E-state index in [0.29, 0.717) is 23.4 Å². The summed E-state index contributed by atoms with van der Waals surface area (Å²) in [6, 6.07) is 13.8. The lowest BCUT2D eigenvalue weighted by atomic mass is 9.98. The van der Waals surface area contributed by atoms with Crippen LogP contribution in [0.15, 0.2) is 47.8 Å². The van der Waals surface area contributed by atoms with Crippen LogP contribution in [0.2, 0.25) is 0 Å². The molecule has 0 aliphatic heterocycles. The van der Waals surface area contributed by atoms with E-state index in [1.54, 1.807) is 5.38 Å². The highest BCUT2D eigenvalue weighted by molar-refractivity contribution is 7.14. The zero-order valence-electron chi connectivity index (χ0n) is 16.2. The highest BCUT2D eigenvalue weighted by atomic mass is 32.1. The van der Waals surface area contributed by atoms with Crippen molar-refractivity contribution in [3.05, 3.63) is 75.7 Å². The predicted molar refractivity (Wildman–Crippen MR) is 114 cm³/mol. The van der Waals surface area contributed by atoms with Crippen molar-refractivity contribution in [3.63, 3.8) is 0 Å². The summed E-state index contributed by atoms with van der Waals surface area (Å²) in [5, 5.41) is 14.2. The fourth-order valence-corrected chi connectivity index (χ4v) is 4.27. The fraction of sp³-hybridized carbons (Fsp3) is 0.217. The van der Waals surface area contributed by atoms with Crippen LogP contribution in [0, 0.1) is 20.8 Å². The molecule has 0 spiro atoms. The summed E-state index contributed by atoms with van der Waals surface area (Å²) in [6.45, 7) is 6.06. The molecule has 5 heteroatoms. The minimum Gasteiger partial charge on any atom is -0.478 e. The molecule has 1 heterocycles. The zero-order valence-corrected chi connectivity index (χ0v) is 17.0. The van der Waals surface area contributed by atoms with Crippen molar-refractivity contribution in [3.8, 4) is 10.4 Å². The number of amides is 1. The van der Waals surface area contributed by atoms with Gasteiger partial charge in [0.05, 0.1) is 10.6 Å². The van der Waals surface area contributed by atoms with Gasteiger partial charge in [-0.05, 0) is 49.4 Å². The average molecular weight is 394 g/mol. The number of anilines is 1. The zero-order chi connectivity index (χ0) is 20.3. The Balaban J connectivity index is 1.77. The van der Waals surface area contributed by atoms with Crippen LogP contribution in [0.4, 0.5) is 5.69 Å². The van der Waals surface area contributed by atoms with Crippen LogP contribution in [0.3, 0.4) is 0 Å². The van der Waals surface area contributed by atoms with Crippen LogP contribution in [-0.4, -0.2) is 17.0 Å². The molecule has 3 rings (SSSR count). The number of aromatic carboxylic acids is 1. The first-order valence-electron chi connectivity index (χ1n) is 9.13. The van der Waals surface area contributed by atoms with Gasteiger partial charge >= 0.3 is 5.97 Å². The number of carboxylic acids is 1. The van der Waals surface area contributed by atoms with Gasteiger partial charge in [-0.2, -0.15) is 0 Å². The van der Waals surface area contributed by atoms with E-state index in [-0.39, 0.29) is 11.5 Å². The second kappa shape index (κ2) is 8.40. The molecular formula is C23H23NO3S. The number of rotatable bonds is 6. The maximum absolute atomic E-state index is 12.5. The first-order chi connectivity index (χ1) is 13.4. The summed E-state index contributed by atoms with van der Waals surface area (Å²) in [7, 11) is 0. The number of carboxylic acid groups (broad SMARTS) is 1. The number of benzene rings is 2. The Morgan fingerprint density at radius 2 is 1.64 bits per heavy atom. The number of aryl methyl sites for hydroxylation is 3. The number of hydrogen-bond donors (Lipinski definition) is 2. The molecular weight excluding hydrogens is 370 g/mol. The molecule has 1 amide bonds. The van der Waals surface area contributed by atoms with Crippen molar-refractivity contribution < 1.29 is 14.7 Å². The summed E-state index contributed by atoms with van der Waals surface area (Å²) >= 11 is 1.33. The molecule has 0 fully saturated rings. The van der Waals surface area contributed by atoms with Crippen LogP contribution >= 0.6 is 11.3 Å². The van der Waals surface area contributed by atoms with E-state index in [9.17, 15) is 14.7 Å². The third kappa shape index (κ3) is 4.31. The van der Waals surface area contributed by atoms with Gasteiger partial charge in [-0.3, -0.25) is 4.79 Å². The van der Waals surface area contributed by atoms with Crippen LogP contribution in [0.25, 0.3) is 10.4 Å². The molecule has 0 bridgehead atoms. The largest absolute Gasteiger partial charge is 0.478 e. The van der Waals surface area contributed by atoms with Crippen LogP contribution in [0.1, 0.15) is 39.0 Å². The Morgan fingerprint density at radius 3 is 2.25 bits per heavy atom. The third-order valence-corrected chi connectivity index (χ3v) is 5.87. The minimum absolute atomic E-state index is 0.147. The van der Waals surface area contributed by atoms with E-state index in [2.05, 4.69) is 5.32 Å². The molecule has 2 N–H and O–H groups in total. The van der Waals surface area contributed by atoms with E-state index in [1.807, 2.05) is 63.2 Å². The van der Waals surface area contributed by atoms with Gasteiger partial charge in [-0.1, -0.05) is 48.0 Å². The Bertz CT molecular complexity index is 999. The van der Waals surface area contributed by atoms with E-state index in [0.717, 1.165) is 22.3 Å². The summed E-state index contributed by atoms with van der Waals surface area (Å²) in [4.78, 5) is 25.0. The van der Waals surface area contributed by atoms with Crippen molar-refractivity contribution in [2.24, 2.45) is 0 Å². The Hall–Kier alpha value is -2.92. The Kier molecular flexibility index (Phi) is 5.95. The molecule has 0 atom stereocenters. The summed E-state index contributed by atoms with van der Waals surface area (Å²) in [6.07, 6.45) is 0.933. The van der Waals surface area contributed by atoms with Gasteiger partial charge in [0, 0.05) is 11.8 Å². The molecule has 28 heavy (non-hydrogen) atoms. The highest BCUT2D eigenvalue weighted by Crippen LogP contribution is 2.36. The summed E-state index contributed by atoms with van der Waals surface area (Å²) in [5.41, 5.74) is 5.95.